The third-order valence-electron chi connectivity index (χ3n) is 2.33. The Kier molecular flexibility index (Phi) is 4.81. The number of nitrogens with two attached hydrogens (primary N) is 1. The van der Waals surface area contributed by atoms with Crippen molar-refractivity contribution in [3.63, 3.8) is 0 Å². The Morgan fingerprint density at radius 3 is 2.56 bits per heavy atom. The van der Waals surface area contributed by atoms with E-state index in [1.807, 2.05) is 18.2 Å². The minimum atomic E-state index is 0.332. The number of anilines is 1. The van der Waals surface area contributed by atoms with Crippen LogP contribution >= 0.6 is 15.9 Å². The lowest BCUT2D eigenvalue weighted by Crippen LogP contribution is -2.09. The Morgan fingerprint density at radius 1 is 1.31 bits per heavy atom. The Balaban J connectivity index is 2.38. The lowest BCUT2D eigenvalue weighted by Gasteiger charge is -2.17. The maximum Gasteiger partial charge on any atom is 0.0727 e. The molecule has 0 saturated carbocycles. The van der Waals surface area contributed by atoms with Crippen LogP contribution in [0.2, 0.25) is 0 Å². The molecule has 90 valence electrons. The van der Waals surface area contributed by atoms with E-state index in [-0.39, 0.29) is 0 Å². The Bertz CT molecular complexity index is 344. The smallest absolute Gasteiger partial charge is 0.0727 e. The summed E-state index contributed by atoms with van der Waals surface area (Å²) in [4.78, 5) is 0. The molecule has 0 atom stereocenters. The molecule has 0 spiro atoms. The minimum absolute atomic E-state index is 0.332. The van der Waals surface area contributed by atoms with Gasteiger partial charge >= 0.3 is 0 Å². The summed E-state index contributed by atoms with van der Waals surface area (Å²) >= 11 is 3.48. The van der Waals surface area contributed by atoms with Gasteiger partial charge in [0.05, 0.1) is 6.61 Å². The average molecular weight is 286 g/mol. The minimum Gasteiger partial charge on any atom is -0.399 e. The highest BCUT2D eigenvalue weighted by Gasteiger charge is 2.09. The molecule has 1 aromatic rings. The first-order valence-corrected chi connectivity index (χ1v) is 6.29. The molecule has 0 saturated heterocycles. The topological polar surface area (TPSA) is 35.2 Å². The maximum absolute atomic E-state index is 5.67. The number of ether oxygens (including phenoxy) is 1. The van der Waals surface area contributed by atoms with Crippen molar-refractivity contribution in [3.8, 4) is 0 Å². The summed E-state index contributed by atoms with van der Waals surface area (Å²) in [6.45, 7) is 8.08. The van der Waals surface area contributed by atoms with Gasteiger partial charge in [-0.15, -0.1) is 0 Å². The molecule has 0 heterocycles. The largest absolute Gasteiger partial charge is 0.399 e. The van der Waals surface area contributed by atoms with Crippen LogP contribution in [0.5, 0.6) is 0 Å². The fourth-order valence-electron chi connectivity index (χ4n) is 1.24. The number of hydrogen-bond donors (Lipinski definition) is 1. The van der Waals surface area contributed by atoms with Crippen LogP contribution < -0.4 is 5.73 Å². The molecule has 0 aliphatic heterocycles. The van der Waals surface area contributed by atoms with Crippen molar-refractivity contribution < 1.29 is 4.74 Å². The molecule has 0 fully saturated rings. The summed E-state index contributed by atoms with van der Waals surface area (Å²) in [5.41, 5.74) is 7.91. The predicted octanol–water partition coefficient (Wildman–Crippen LogP) is 3.98. The van der Waals surface area contributed by atoms with Crippen LogP contribution in [0.25, 0.3) is 0 Å². The molecular weight excluding hydrogens is 266 g/mol. The molecule has 3 heteroatoms. The van der Waals surface area contributed by atoms with Crippen molar-refractivity contribution in [2.24, 2.45) is 5.41 Å². The van der Waals surface area contributed by atoms with Gasteiger partial charge in [0, 0.05) is 16.8 Å². The van der Waals surface area contributed by atoms with Gasteiger partial charge in [0.25, 0.3) is 0 Å². The summed E-state index contributed by atoms with van der Waals surface area (Å²) in [7, 11) is 0. The van der Waals surface area contributed by atoms with Crippen molar-refractivity contribution >= 4 is 21.6 Å². The highest BCUT2D eigenvalue weighted by atomic mass is 79.9. The van der Waals surface area contributed by atoms with Gasteiger partial charge in [-0.2, -0.15) is 0 Å². The quantitative estimate of drug-likeness (QED) is 0.671. The average Bonchev–Trinajstić information content (AvgIpc) is 2.13. The zero-order valence-electron chi connectivity index (χ0n) is 10.2. The molecule has 1 rings (SSSR count). The standard InChI is InChI=1S/C13H20BrNO/c1-13(2,3)6-7-16-9-10-4-5-11(15)8-12(10)14/h4-5,8H,6-7,9,15H2,1-3H3. The van der Waals surface area contributed by atoms with Crippen LogP contribution in [0.15, 0.2) is 22.7 Å². The molecule has 0 radical (unpaired) electrons. The van der Waals surface area contributed by atoms with Crippen LogP contribution in [0, 0.1) is 5.41 Å². The van der Waals surface area contributed by atoms with Gasteiger partial charge in [-0.3, -0.25) is 0 Å². The van der Waals surface area contributed by atoms with Crippen LogP contribution in [0.1, 0.15) is 32.8 Å². The lowest BCUT2D eigenvalue weighted by atomic mass is 9.93. The monoisotopic (exact) mass is 285 g/mol. The molecule has 0 bridgehead atoms. The van der Waals surface area contributed by atoms with E-state index in [1.54, 1.807) is 0 Å². The summed E-state index contributed by atoms with van der Waals surface area (Å²) in [5.74, 6) is 0. The van der Waals surface area contributed by atoms with Crippen LogP contribution in [0.3, 0.4) is 0 Å². The number of nitrogen functional groups attached to an aromatic ring is 1. The van der Waals surface area contributed by atoms with E-state index in [2.05, 4.69) is 36.7 Å². The summed E-state index contributed by atoms with van der Waals surface area (Å²) < 4.78 is 6.66. The van der Waals surface area contributed by atoms with Gasteiger partial charge < -0.3 is 10.5 Å². The van der Waals surface area contributed by atoms with E-state index >= 15 is 0 Å². The van der Waals surface area contributed by atoms with E-state index < -0.39 is 0 Å². The van der Waals surface area contributed by atoms with Gasteiger partial charge in [0.1, 0.15) is 0 Å². The van der Waals surface area contributed by atoms with Crippen molar-refractivity contribution in [3.05, 3.63) is 28.2 Å². The van der Waals surface area contributed by atoms with Crippen molar-refractivity contribution in [1.29, 1.82) is 0 Å². The fourth-order valence-corrected chi connectivity index (χ4v) is 1.75. The van der Waals surface area contributed by atoms with Gasteiger partial charge in [-0.1, -0.05) is 42.8 Å². The summed E-state index contributed by atoms with van der Waals surface area (Å²) in [6, 6.07) is 5.80. The zero-order chi connectivity index (χ0) is 12.2. The summed E-state index contributed by atoms with van der Waals surface area (Å²) in [5, 5.41) is 0. The SMILES string of the molecule is CC(C)(C)CCOCc1ccc(N)cc1Br. The Morgan fingerprint density at radius 2 is 2.00 bits per heavy atom. The molecular formula is C13H20BrNO. The Hall–Kier alpha value is -0.540. The first kappa shape index (κ1) is 13.5. The number of benzene rings is 1. The normalized spacial score (nSPS) is 11.8. The molecule has 0 aliphatic carbocycles. The first-order chi connectivity index (χ1) is 7.38. The maximum atomic E-state index is 5.67. The predicted molar refractivity (Wildman–Crippen MR) is 72.3 cm³/mol. The molecule has 0 aromatic heterocycles. The van der Waals surface area contributed by atoms with E-state index in [0.29, 0.717) is 12.0 Å². The lowest BCUT2D eigenvalue weighted by molar-refractivity contribution is 0.0959. The molecule has 0 aliphatic rings. The highest BCUT2D eigenvalue weighted by Crippen LogP contribution is 2.22. The van der Waals surface area contributed by atoms with Crippen molar-refractivity contribution in [2.75, 3.05) is 12.3 Å². The third kappa shape index (κ3) is 4.99. The van der Waals surface area contributed by atoms with Gasteiger partial charge in [-0.25, -0.2) is 0 Å². The number of rotatable bonds is 4. The molecule has 0 unspecified atom stereocenters. The van der Waals surface area contributed by atoms with Gasteiger partial charge in [-0.05, 0) is 29.5 Å². The molecule has 0 amide bonds. The third-order valence-corrected chi connectivity index (χ3v) is 3.07. The second-order valence-corrected chi connectivity index (χ2v) is 6.07. The van der Waals surface area contributed by atoms with E-state index in [9.17, 15) is 0 Å². The molecule has 16 heavy (non-hydrogen) atoms. The second-order valence-electron chi connectivity index (χ2n) is 5.21. The molecule has 1 aromatic carbocycles. The Labute approximate surface area is 106 Å². The van der Waals surface area contributed by atoms with Crippen LogP contribution in [-0.2, 0) is 11.3 Å². The first-order valence-electron chi connectivity index (χ1n) is 5.50. The second kappa shape index (κ2) is 5.69. The van der Waals surface area contributed by atoms with Gasteiger partial charge in [0.2, 0.25) is 0 Å². The van der Waals surface area contributed by atoms with Crippen LogP contribution in [-0.4, -0.2) is 6.61 Å². The summed E-state index contributed by atoms with van der Waals surface area (Å²) in [6.07, 6.45) is 1.07. The highest BCUT2D eigenvalue weighted by molar-refractivity contribution is 9.10. The molecule has 2 nitrogen and oxygen atoms in total. The zero-order valence-corrected chi connectivity index (χ0v) is 11.8. The van der Waals surface area contributed by atoms with Crippen molar-refractivity contribution in [2.45, 2.75) is 33.8 Å². The van der Waals surface area contributed by atoms with E-state index in [4.69, 9.17) is 10.5 Å². The van der Waals surface area contributed by atoms with Crippen LogP contribution in [0.4, 0.5) is 5.69 Å². The van der Waals surface area contributed by atoms with Crippen molar-refractivity contribution in [1.82, 2.24) is 0 Å². The number of halogens is 1. The van der Waals surface area contributed by atoms with Gasteiger partial charge in [0.15, 0.2) is 0 Å². The van der Waals surface area contributed by atoms with E-state index in [0.717, 1.165) is 28.8 Å². The molecule has 2 N–H and O–H groups in total. The van der Waals surface area contributed by atoms with E-state index in [1.165, 1.54) is 0 Å². The number of hydrogen-bond acceptors (Lipinski definition) is 2. The fraction of sp³-hybridized carbons (Fsp3) is 0.538.